The van der Waals surface area contributed by atoms with Gasteiger partial charge in [-0.3, -0.25) is 9.69 Å². The molecule has 6 nitrogen and oxygen atoms in total. The van der Waals surface area contributed by atoms with E-state index >= 15 is 0 Å². The number of halogens is 7. The van der Waals surface area contributed by atoms with Crippen LogP contribution in [0.1, 0.15) is 40.8 Å². The zero-order valence-corrected chi connectivity index (χ0v) is 22.1. The highest BCUT2D eigenvalue weighted by molar-refractivity contribution is 9.10. The van der Waals surface area contributed by atoms with E-state index in [0.717, 1.165) is 0 Å². The maximum atomic E-state index is 13.4. The number of aliphatic carboxylic acids is 1. The largest absolute Gasteiger partial charge is 0.481 e. The first-order chi connectivity index (χ1) is 18.6. The molecule has 3 aromatic rings. The molecule has 1 aliphatic rings. The quantitative estimate of drug-likeness (QED) is 0.268. The number of carbonyl (C=O) groups is 2. The molecule has 0 radical (unpaired) electrons. The Hall–Kier alpha value is -3.74. The van der Waals surface area contributed by atoms with E-state index in [-0.39, 0.29) is 24.8 Å². The van der Waals surface area contributed by atoms with Gasteiger partial charge in [-0.1, -0.05) is 28.1 Å². The number of alkyl halides is 6. The second-order valence-corrected chi connectivity index (χ2v) is 10.00. The number of hydrogen-bond donors (Lipinski definition) is 1. The molecule has 1 saturated heterocycles. The summed E-state index contributed by atoms with van der Waals surface area (Å²) >= 11 is 3.33. The van der Waals surface area contributed by atoms with Gasteiger partial charge in [-0.2, -0.15) is 26.3 Å². The normalized spacial score (nSPS) is 17.6. The van der Waals surface area contributed by atoms with Crippen LogP contribution in [-0.2, 0) is 34.8 Å². The summed E-state index contributed by atoms with van der Waals surface area (Å²) in [6.07, 6.45) is -12.7. The molecule has 0 saturated carbocycles. The van der Waals surface area contributed by atoms with Crippen LogP contribution in [0.25, 0.3) is 0 Å². The number of amides is 1. The molecule has 0 bridgehead atoms. The summed E-state index contributed by atoms with van der Waals surface area (Å²) in [7, 11) is 0. The van der Waals surface area contributed by atoms with Gasteiger partial charge in [-0.05, 0) is 66.6 Å². The van der Waals surface area contributed by atoms with Crippen molar-refractivity contribution in [2.75, 3.05) is 0 Å². The number of hydrogen-bond acceptors (Lipinski definition) is 4. The third-order valence-corrected chi connectivity index (χ3v) is 6.67. The number of rotatable bonds is 7. The van der Waals surface area contributed by atoms with Crippen molar-refractivity contribution in [3.8, 4) is 11.5 Å². The van der Waals surface area contributed by atoms with E-state index in [0.29, 0.717) is 33.5 Å². The summed E-state index contributed by atoms with van der Waals surface area (Å²) < 4.78 is 92.1. The number of carboxylic acids is 1. The minimum absolute atomic E-state index is 0.0132. The van der Waals surface area contributed by atoms with E-state index in [1.54, 1.807) is 36.4 Å². The number of carbonyl (C=O) groups excluding carboxylic acids is 1. The van der Waals surface area contributed by atoms with Crippen molar-refractivity contribution < 1.29 is 50.5 Å². The van der Waals surface area contributed by atoms with Crippen LogP contribution in [0, 0.1) is 0 Å². The first-order valence-electron chi connectivity index (χ1n) is 11.7. The van der Waals surface area contributed by atoms with Crippen LogP contribution in [0.5, 0.6) is 11.5 Å². The van der Waals surface area contributed by atoms with Gasteiger partial charge in [0.2, 0.25) is 0 Å². The van der Waals surface area contributed by atoms with Crippen molar-refractivity contribution in [3.63, 3.8) is 0 Å². The van der Waals surface area contributed by atoms with Gasteiger partial charge < -0.3 is 14.6 Å². The van der Waals surface area contributed by atoms with Gasteiger partial charge in [-0.25, -0.2) is 4.79 Å². The Labute approximate surface area is 232 Å². The van der Waals surface area contributed by atoms with Crippen LogP contribution in [0.15, 0.2) is 65.1 Å². The Morgan fingerprint density at radius 1 is 1.00 bits per heavy atom. The lowest BCUT2D eigenvalue weighted by atomic mass is 9.97. The Morgan fingerprint density at radius 2 is 1.65 bits per heavy atom. The summed E-state index contributed by atoms with van der Waals surface area (Å²) in [5.74, 6) is -0.417. The van der Waals surface area contributed by atoms with Crippen LogP contribution in [-0.4, -0.2) is 28.1 Å². The molecule has 0 unspecified atom stereocenters. The van der Waals surface area contributed by atoms with Crippen molar-refractivity contribution >= 4 is 28.0 Å². The number of carboxylic acid groups (broad SMARTS) is 1. The molecule has 2 atom stereocenters. The SMILES string of the molecule is C[C@H]1[C@@H](c2cc(C(F)(F)F)cc(C(F)(F)F)c2)OC(=O)N1Cc1cc(Br)ccc1Oc1cccc(CC(=O)O)c1. The Kier molecular flexibility index (Phi) is 8.06. The Morgan fingerprint density at radius 3 is 2.25 bits per heavy atom. The van der Waals surface area contributed by atoms with E-state index in [2.05, 4.69) is 15.9 Å². The van der Waals surface area contributed by atoms with Gasteiger partial charge in [0.15, 0.2) is 0 Å². The fourth-order valence-corrected chi connectivity index (χ4v) is 4.69. The van der Waals surface area contributed by atoms with E-state index in [1.807, 2.05) is 0 Å². The first kappa shape index (κ1) is 29.2. The second kappa shape index (κ2) is 11.0. The lowest BCUT2D eigenvalue weighted by Crippen LogP contribution is -2.31. The van der Waals surface area contributed by atoms with Crippen LogP contribution in [0.2, 0.25) is 0 Å². The van der Waals surface area contributed by atoms with E-state index in [1.165, 1.54) is 17.9 Å². The van der Waals surface area contributed by atoms with Gasteiger partial charge in [0.05, 0.1) is 30.1 Å². The highest BCUT2D eigenvalue weighted by atomic mass is 79.9. The smallest absolute Gasteiger partial charge is 0.416 e. The van der Waals surface area contributed by atoms with Crippen molar-refractivity contribution in [3.05, 3.63) is 93.0 Å². The van der Waals surface area contributed by atoms with Crippen LogP contribution in [0.3, 0.4) is 0 Å². The van der Waals surface area contributed by atoms with E-state index in [9.17, 15) is 35.9 Å². The number of benzene rings is 3. The summed E-state index contributed by atoms with van der Waals surface area (Å²) in [6, 6.07) is 11.4. The Bertz CT molecular complexity index is 1410. The standard InChI is InChI=1S/C27H20BrF6NO5/c1-14-24(16-9-18(26(29,30)31)12-19(10-16)27(32,33)34)40-25(38)35(14)13-17-11-20(28)5-6-22(17)39-21-4-2-3-15(7-21)8-23(36)37/h2-7,9-12,14,24H,8,13H2,1H3,(H,36,37)/t14-,24-/m0/s1. The van der Waals surface area contributed by atoms with Gasteiger partial charge in [-0.15, -0.1) is 0 Å². The molecule has 4 rings (SSSR count). The minimum atomic E-state index is -5.05. The number of ether oxygens (including phenoxy) is 2. The average molecular weight is 632 g/mol. The Balaban J connectivity index is 1.63. The van der Waals surface area contributed by atoms with Gasteiger partial charge in [0.25, 0.3) is 0 Å². The molecule has 1 fully saturated rings. The van der Waals surface area contributed by atoms with Gasteiger partial charge in [0.1, 0.15) is 17.6 Å². The van der Waals surface area contributed by atoms with Gasteiger partial charge in [0, 0.05) is 10.0 Å². The molecule has 13 heteroatoms. The molecule has 1 aliphatic heterocycles. The monoisotopic (exact) mass is 631 g/mol. The topological polar surface area (TPSA) is 76.1 Å². The zero-order chi connectivity index (χ0) is 29.4. The highest BCUT2D eigenvalue weighted by Gasteiger charge is 2.43. The van der Waals surface area contributed by atoms with Crippen molar-refractivity contribution in [1.29, 1.82) is 0 Å². The molecular formula is C27H20BrF6NO5. The number of nitrogens with zero attached hydrogens (tertiary/aromatic N) is 1. The lowest BCUT2D eigenvalue weighted by Gasteiger charge is -2.23. The molecular weight excluding hydrogens is 612 g/mol. The molecule has 1 heterocycles. The van der Waals surface area contributed by atoms with Crippen molar-refractivity contribution in [2.24, 2.45) is 0 Å². The molecule has 0 aromatic heterocycles. The fraction of sp³-hybridized carbons (Fsp3) is 0.259. The predicted molar refractivity (Wildman–Crippen MR) is 133 cm³/mol. The van der Waals surface area contributed by atoms with Crippen molar-refractivity contribution in [1.82, 2.24) is 4.90 Å². The summed E-state index contributed by atoms with van der Waals surface area (Å²) in [5.41, 5.74) is -2.52. The molecule has 40 heavy (non-hydrogen) atoms. The summed E-state index contributed by atoms with van der Waals surface area (Å²) in [5, 5.41) is 9.04. The first-order valence-corrected chi connectivity index (χ1v) is 12.4. The minimum Gasteiger partial charge on any atom is -0.481 e. The highest BCUT2D eigenvalue weighted by Crippen LogP contribution is 2.41. The summed E-state index contributed by atoms with van der Waals surface area (Å²) in [4.78, 5) is 25.0. The van der Waals surface area contributed by atoms with Crippen molar-refractivity contribution in [2.45, 2.75) is 44.4 Å². The van der Waals surface area contributed by atoms with Gasteiger partial charge >= 0.3 is 24.4 Å². The molecule has 0 spiro atoms. The van der Waals surface area contributed by atoms with Crippen LogP contribution >= 0.6 is 15.9 Å². The average Bonchev–Trinajstić information content (AvgIpc) is 3.12. The molecule has 3 aromatic carbocycles. The maximum Gasteiger partial charge on any atom is 0.416 e. The molecule has 212 valence electrons. The third-order valence-electron chi connectivity index (χ3n) is 6.18. The molecule has 0 aliphatic carbocycles. The summed E-state index contributed by atoms with van der Waals surface area (Å²) in [6.45, 7) is 1.31. The van der Waals surface area contributed by atoms with Crippen LogP contribution in [0.4, 0.5) is 31.1 Å². The lowest BCUT2D eigenvalue weighted by molar-refractivity contribution is -0.143. The molecule has 1 amide bonds. The maximum absolute atomic E-state index is 13.4. The third kappa shape index (κ3) is 6.69. The van der Waals surface area contributed by atoms with E-state index < -0.39 is 53.3 Å². The predicted octanol–water partition coefficient (Wildman–Crippen LogP) is 7.99. The van der Waals surface area contributed by atoms with Crippen LogP contribution < -0.4 is 4.74 Å². The molecule has 1 N–H and O–H groups in total. The zero-order valence-electron chi connectivity index (χ0n) is 20.5. The number of cyclic esters (lactones) is 1. The second-order valence-electron chi connectivity index (χ2n) is 9.08. The fourth-order valence-electron chi connectivity index (χ4n) is 4.28. The van der Waals surface area contributed by atoms with E-state index in [4.69, 9.17) is 14.6 Å².